The summed E-state index contributed by atoms with van der Waals surface area (Å²) in [5.74, 6) is 0.855. The molecule has 0 saturated heterocycles. The Morgan fingerprint density at radius 3 is 2.50 bits per heavy atom. The molecule has 1 fully saturated rings. The van der Waals surface area contributed by atoms with E-state index in [4.69, 9.17) is 5.73 Å². The van der Waals surface area contributed by atoms with Crippen LogP contribution < -0.4 is 5.73 Å². The molecule has 3 unspecified atom stereocenters. The standard InChI is InChI=1S/C16H34N2/c1-4-5-6-7-11-15(13-17)18(3)16-12-9-8-10-14(16)2/h14-16H,4-13,17H2,1-3H3. The fourth-order valence-corrected chi connectivity index (χ4v) is 3.47. The summed E-state index contributed by atoms with van der Waals surface area (Å²) in [5.41, 5.74) is 6.00. The van der Waals surface area contributed by atoms with Crippen LogP contribution in [-0.2, 0) is 0 Å². The van der Waals surface area contributed by atoms with Crippen molar-refractivity contribution < 1.29 is 0 Å². The van der Waals surface area contributed by atoms with Crippen molar-refractivity contribution in [2.45, 2.75) is 83.7 Å². The fourth-order valence-electron chi connectivity index (χ4n) is 3.47. The highest BCUT2D eigenvalue weighted by atomic mass is 15.2. The molecule has 0 aliphatic heterocycles. The van der Waals surface area contributed by atoms with E-state index in [1.165, 1.54) is 57.8 Å². The molecule has 1 saturated carbocycles. The largest absolute Gasteiger partial charge is 0.329 e. The average Bonchev–Trinajstić information content (AvgIpc) is 2.39. The summed E-state index contributed by atoms with van der Waals surface area (Å²) in [7, 11) is 2.31. The van der Waals surface area contributed by atoms with Gasteiger partial charge in [0.2, 0.25) is 0 Å². The third-order valence-corrected chi connectivity index (χ3v) is 4.83. The van der Waals surface area contributed by atoms with Gasteiger partial charge in [0.1, 0.15) is 0 Å². The van der Waals surface area contributed by atoms with Crippen LogP contribution in [-0.4, -0.2) is 30.6 Å². The van der Waals surface area contributed by atoms with Crippen LogP contribution in [0.3, 0.4) is 0 Å². The van der Waals surface area contributed by atoms with Gasteiger partial charge in [-0.15, -0.1) is 0 Å². The van der Waals surface area contributed by atoms with Gasteiger partial charge in [0.15, 0.2) is 0 Å². The van der Waals surface area contributed by atoms with Crippen LogP contribution in [0.5, 0.6) is 0 Å². The molecular weight excluding hydrogens is 220 g/mol. The zero-order valence-electron chi connectivity index (χ0n) is 12.8. The molecule has 1 aliphatic carbocycles. The van der Waals surface area contributed by atoms with E-state index in [1.807, 2.05) is 0 Å². The van der Waals surface area contributed by atoms with Gasteiger partial charge in [0.05, 0.1) is 0 Å². The van der Waals surface area contributed by atoms with E-state index in [-0.39, 0.29) is 0 Å². The molecule has 0 radical (unpaired) electrons. The topological polar surface area (TPSA) is 29.3 Å². The molecule has 2 nitrogen and oxygen atoms in total. The van der Waals surface area contributed by atoms with Crippen molar-refractivity contribution in [3.05, 3.63) is 0 Å². The minimum atomic E-state index is 0.604. The summed E-state index contributed by atoms with van der Waals surface area (Å²) in [6, 6.07) is 1.38. The Kier molecular flexibility index (Phi) is 7.92. The lowest BCUT2D eigenvalue weighted by Gasteiger charge is -2.40. The van der Waals surface area contributed by atoms with Gasteiger partial charge in [-0.1, -0.05) is 52.4 Å². The maximum absolute atomic E-state index is 6.00. The van der Waals surface area contributed by atoms with E-state index in [0.29, 0.717) is 6.04 Å². The zero-order valence-corrected chi connectivity index (χ0v) is 12.8. The average molecular weight is 254 g/mol. The first-order chi connectivity index (χ1) is 8.70. The first kappa shape index (κ1) is 16.0. The second kappa shape index (κ2) is 8.92. The number of likely N-dealkylation sites (N-methyl/N-ethyl adjacent to an activating group) is 1. The van der Waals surface area contributed by atoms with Gasteiger partial charge in [-0.25, -0.2) is 0 Å². The Bertz CT molecular complexity index is 205. The van der Waals surface area contributed by atoms with Crippen LogP contribution in [0.1, 0.15) is 71.6 Å². The molecule has 0 aromatic carbocycles. The van der Waals surface area contributed by atoms with Crippen molar-refractivity contribution in [3.8, 4) is 0 Å². The van der Waals surface area contributed by atoms with E-state index in [9.17, 15) is 0 Å². The molecule has 108 valence electrons. The zero-order chi connectivity index (χ0) is 13.4. The van der Waals surface area contributed by atoms with Crippen molar-refractivity contribution in [2.75, 3.05) is 13.6 Å². The summed E-state index contributed by atoms with van der Waals surface area (Å²) in [6.07, 6.45) is 12.3. The van der Waals surface area contributed by atoms with Crippen LogP contribution >= 0.6 is 0 Å². The van der Waals surface area contributed by atoms with Crippen molar-refractivity contribution in [1.82, 2.24) is 4.90 Å². The van der Waals surface area contributed by atoms with Crippen LogP contribution in [0.25, 0.3) is 0 Å². The predicted molar refractivity (Wildman–Crippen MR) is 80.8 cm³/mol. The number of nitrogens with zero attached hydrogens (tertiary/aromatic N) is 1. The van der Waals surface area contributed by atoms with E-state index in [2.05, 4.69) is 25.8 Å². The van der Waals surface area contributed by atoms with Crippen molar-refractivity contribution in [2.24, 2.45) is 11.7 Å². The molecule has 3 atom stereocenters. The Balaban J connectivity index is 2.37. The second-order valence-corrected chi connectivity index (χ2v) is 6.23. The summed E-state index contributed by atoms with van der Waals surface area (Å²) in [6.45, 7) is 5.52. The minimum Gasteiger partial charge on any atom is -0.329 e. The maximum Gasteiger partial charge on any atom is 0.0218 e. The van der Waals surface area contributed by atoms with Gasteiger partial charge in [-0.2, -0.15) is 0 Å². The number of nitrogens with two attached hydrogens (primary N) is 1. The predicted octanol–water partition coefficient (Wildman–Crippen LogP) is 3.79. The number of hydrogen-bond donors (Lipinski definition) is 1. The highest BCUT2D eigenvalue weighted by Crippen LogP contribution is 2.29. The second-order valence-electron chi connectivity index (χ2n) is 6.23. The Morgan fingerprint density at radius 2 is 1.89 bits per heavy atom. The van der Waals surface area contributed by atoms with Crippen molar-refractivity contribution >= 4 is 0 Å². The van der Waals surface area contributed by atoms with Gasteiger partial charge >= 0.3 is 0 Å². The van der Waals surface area contributed by atoms with Crippen LogP contribution in [0.2, 0.25) is 0 Å². The first-order valence-electron chi connectivity index (χ1n) is 8.12. The van der Waals surface area contributed by atoms with Crippen LogP contribution in [0, 0.1) is 5.92 Å². The smallest absolute Gasteiger partial charge is 0.0218 e. The summed E-state index contributed by atoms with van der Waals surface area (Å²) in [4.78, 5) is 2.61. The van der Waals surface area contributed by atoms with E-state index >= 15 is 0 Å². The third-order valence-electron chi connectivity index (χ3n) is 4.83. The molecule has 1 rings (SSSR count). The molecule has 0 spiro atoms. The lowest BCUT2D eigenvalue weighted by atomic mass is 9.84. The minimum absolute atomic E-state index is 0.604. The molecule has 18 heavy (non-hydrogen) atoms. The number of rotatable bonds is 8. The van der Waals surface area contributed by atoms with E-state index < -0.39 is 0 Å². The molecule has 2 heteroatoms. The van der Waals surface area contributed by atoms with Crippen LogP contribution in [0.15, 0.2) is 0 Å². The monoisotopic (exact) mass is 254 g/mol. The summed E-state index contributed by atoms with van der Waals surface area (Å²) >= 11 is 0. The summed E-state index contributed by atoms with van der Waals surface area (Å²) < 4.78 is 0. The molecular formula is C16H34N2. The highest BCUT2D eigenvalue weighted by molar-refractivity contribution is 4.83. The quantitative estimate of drug-likeness (QED) is 0.668. The van der Waals surface area contributed by atoms with E-state index in [1.54, 1.807) is 0 Å². The third kappa shape index (κ3) is 4.89. The number of unbranched alkanes of at least 4 members (excludes halogenated alkanes) is 3. The van der Waals surface area contributed by atoms with Crippen molar-refractivity contribution in [1.29, 1.82) is 0 Å². The normalized spacial score (nSPS) is 26.5. The Morgan fingerprint density at radius 1 is 1.17 bits per heavy atom. The maximum atomic E-state index is 6.00. The lowest BCUT2D eigenvalue weighted by molar-refractivity contribution is 0.0938. The molecule has 0 aromatic heterocycles. The van der Waals surface area contributed by atoms with Crippen LogP contribution in [0.4, 0.5) is 0 Å². The molecule has 0 heterocycles. The van der Waals surface area contributed by atoms with Crippen molar-refractivity contribution in [3.63, 3.8) is 0 Å². The molecule has 0 amide bonds. The fraction of sp³-hybridized carbons (Fsp3) is 1.00. The van der Waals surface area contributed by atoms with Gasteiger partial charge in [0, 0.05) is 18.6 Å². The summed E-state index contributed by atoms with van der Waals surface area (Å²) in [5, 5.41) is 0. The Labute approximate surface area is 114 Å². The molecule has 1 aliphatic rings. The number of hydrogen-bond acceptors (Lipinski definition) is 2. The van der Waals surface area contributed by atoms with Gasteiger partial charge < -0.3 is 5.73 Å². The first-order valence-corrected chi connectivity index (χ1v) is 8.12. The van der Waals surface area contributed by atoms with E-state index in [0.717, 1.165) is 18.5 Å². The SMILES string of the molecule is CCCCCCC(CN)N(C)C1CCCCC1C. The Hall–Kier alpha value is -0.0800. The van der Waals surface area contributed by atoms with Gasteiger partial charge in [-0.3, -0.25) is 4.90 Å². The highest BCUT2D eigenvalue weighted by Gasteiger charge is 2.28. The van der Waals surface area contributed by atoms with Gasteiger partial charge in [-0.05, 0) is 32.2 Å². The molecule has 0 aromatic rings. The molecule has 2 N–H and O–H groups in total. The molecule has 0 bridgehead atoms. The lowest BCUT2D eigenvalue weighted by Crippen LogP contribution is -2.48. The van der Waals surface area contributed by atoms with Gasteiger partial charge in [0.25, 0.3) is 0 Å².